The molecule has 4 heteroatoms. The number of H-pyrrole nitrogens is 1. The van der Waals surface area contributed by atoms with Crippen molar-refractivity contribution in [3.63, 3.8) is 0 Å². The first-order chi connectivity index (χ1) is 8.36. The first-order valence-electron chi connectivity index (χ1n) is 6.01. The molecule has 1 aliphatic rings. The zero-order valence-corrected chi connectivity index (χ0v) is 11.2. The summed E-state index contributed by atoms with van der Waals surface area (Å²) in [5.74, 6) is 1.59. The summed E-state index contributed by atoms with van der Waals surface area (Å²) in [6.45, 7) is 0. The summed E-state index contributed by atoms with van der Waals surface area (Å²) < 4.78 is 5.26. The van der Waals surface area contributed by atoms with Gasteiger partial charge in [0.2, 0.25) is 0 Å². The van der Waals surface area contributed by atoms with E-state index in [-0.39, 0.29) is 12.4 Å². The van der Waals surface area contributed by atoms with Gasteiger partial charge in [-0.25, -0.2) is 4.98 Å². The Morgan fingerprint density at radius 1 is 1.44 bits per heavy atom. The number of methoxy groups -OCH3 is 1. The molecule has 2 aromatic rings. The predicted molar refractivity (Wildman–Crippen MR) is 73.6 cm³/mol. The summed E-state index contributed by atoms with van der Waals surface area (Å²) in [6, 6.07) is 6.44. The van der Waals surface area contributed by atoms with Crippen LogP contribution in [-0.2, 0) is 12.8 Å². The second-order valence-corrected chi connectivity index (χ2v) is 4.58. The SMILES string of the molecule is COc1ccc2c(c1)CCC2Cc1cnc[nH]1.Cl. The van der Waals surface area contributed by atoms with Crippen molar-refractivity contribution in [3.05, 3.63) is 47.5 Å². The molecule has 0 radical (unpaired) electrons. The molecule has 1 N–H and O–H groups in total. The number of rotatable bonds is 3. The Bertz CT molecular complexity index is 511. The number of aromatic amines is 1. The molecule has 0 bridgehead atoms. The van der Waals surface area contributed by atoms with Crippen molar-refractivity contribution < 1.29 is 4.74 Å². The van der Waals surface area contributed by atoms with E-state index in [4.69, 9.17) is 4.74 Å². The van der Waals surface area contributed by atoms with E-state index in [0.29, 0.717) is 5.92 Å². The van der Waals surface area contributed by atoms with Crippen molar-refractivity contribution in [2.45, 2.75) is 25.2 Å². The maximum absolute atomic E-state index is 5.26. The molecule has 1 atom stereocenters. The molecular formula is C14H17ClN2O. The van der Waals surface area contributed by atoms with Gasteiger partial charge in [0.1, 0.15) is 5.75 Å². The van der Waals surface area contributed by atoms with Gasteiger partial charge in [-0.3, -0.25) is 0 Å². The summed E-state index contributed by atoms with van der Waals surface area (Å²) in [5.41, 5.74) is 4.13. The summed E-state index contributed by atoms with van der Waals surface area (Å²) in [6.07, 6.45) is 7.10. The van der Waals surface area contributed by atoms with Crippen LogP contribution in [0.2, 0.25) is 0 Å². The second kappa shape index (κ2) is 5.44. The third-order valence-corrected chi connectivity index (χ3v) is 3.57. The number of fused-ring (bicyclic) bond motifs is 1. The van der Waals surface area contributed by atoms with E-state index in [1.807, 2.05) is 6.20 Å². The molecule has 1 aromatic carbocycles. The molecule has 1 heterocycles. The Hall–Kier alpha value is -1.48. The Kier molecular flexibility index (Phi) is 3.92. The largest absolute Gasteiger partial charge is 0.497 e. The maximum Gasteiger partial charge on any atom is 0.119 e. The van der Waals surface area contributed by atoms with Crippen LogP contribution in [0.25, 0.3) is 0 Å². The summed E-state index contributed by atoms with van der Waals surface area (Å²) >= 11 is 0. The highest BCUT2D eigenvalue weighted by atomic mass is 35.5. The van der Waals surface area contributed by atoms with Crippen molar-refractivity contribution in [1.29, 1.82) is 0 Å². The molecule has 0 spiro atoms. The summed E-state index contributed by atoms with van der Waals surface area (Å²) in [7, 11) is 1.72. The highest BCUT2D eigenvalue weighted by molar-refractivity contribution is 5.85. The first kappa shape index (κ1) is 13.0. The van der Waals surface area contributed by atoms with Crippen molar-refractivity contribution in [1.82, 2.24) is 9.97 Å². The lowest BCUT2D eigenvalue weighted by Crippen LogP contribution is -1.99. The van der Waals surface area contributed by atoms with E-state index in [1.54, 1.807) is 13.4 Å². The van der Waals surface area contributed by atoms with Crippen LogP contribution in [0.5, 0.6) is 5.75 Å². The van der Waals surface area contributed by atoms with Crippen molar-refractivity contribution in [2.75, 3.05) is 7.11 Å². The van der Waals surface area contributed by atoms with Crippen LogP contribution in [0.3, 0.4) is 0 Å². The minimum atomic E-state index is 0. The average molecular weight is 265 g/mol. The van der Waals surface area contributed by atoms with Crippen LogP contribution in [0, 0.1) is 0 Å². The minimum absolute atomic E-state index is 0. The highest BCUT2D eigenvalue weighted by Gasteiger charge is 2.23. The van der Waals surface area contributed by atoms with Crippen LogP contribution >= 0.6 is 12.4 Å². The molecule has 1 aliphatic carbocycles. The Morgan fingerprint density at radius 2 is 2.33 bits per heavy atom. The molecule has 0 amide bonds. The van der Waals surface area contributed by atoms with Gasteiger partial charge in [0.05, 0.1) is 13.4 Å². The fourth-order valence-corrected chi connectivity index (χ4v) is 2.68. The Balaban J connectivity index is 0.00000120. The number of halogens is 1. The molecule has 0 fully saturated rings. The predicted octanol–water partition coefficient (Wildman–Crippen LogP) is 3.11. The highest BCUT2D eigenvalue weighted by Crippen LogP contribution is 2.36. The van der Waals surface area contributed by atoms with E-state index >= 15 is 0 Å². The zero-order valence-electron chi connectivity index (χ0n) is 10.3. The molecule has 96 valence electrons. The molecule has 18 heavy (non-hydrogen) atoms. The van der Waals surface area contributed by atoms with Crippen LogP contribution in [0.15, 0.2) is 30.7 Å². The molecule has 0 saturated heterocycles. The van der Waals surface area contributed by atoms with E-state index in [9.17, 15) is 0 Å². The average Bonchev–Trinajstić information content (AvgIpc) is 2.99. The van der Waals surface area contributed by atoms with E-state index < -0.39 is 0 Å². The van der Waals surface area contributed by atoms with Gasteiger partial charge in [-0.15, -0.1) is 12.4 Å². The fourth-order valence-electron chi connectivity index (χ4n) is 2.68. The smallest absolute Gasteiger partial charge is 0.119 e. The van der Waals surface area contributed by atoms with E-state index in [2.05, 4.69) is 28.2 Å². The van der Waals surface area contributed by atoms with Gasteiger partial charge < -0.3 is 9.72 Å². The summed E-state index contributed by atoms with van der Waals surface area (Å²) in [5, 5.41) is 0. The standard InChI is InChI=1S/C14H16N2O.ClH/c1-17-13-4-5-14-10(2-3-11(14)7-13)6-12-8-15-9-16-12;/h4-5,7-10H,2-3,6H2,1H3,(H,15,16);1H. The third kappa shape index (κ3) is 2.36. The number of aryl methyl sites for hydroxylation is 1. The number of hydrogen-bond acceptors (Lipinski definition) is 2. The zero-order chi connectivity index (χ0) is 11.7. The van der Waals surface area contributed by atoms with Gasteiger partial charge in [0.15, 0.2) is 0 Å². The van der Waals surface area contributed by atoms with Crippen molar-refractivity contribution >= 4 is 12.4 Å². The van der Waals surface area contributed by atoms with Crippen LogP contribution in [0.4, 0.5) is 0 Å². The number of nitrogens with zero attached hydrogens (tertiary/aromatic N) is 1. The second-order valence-electron chi connectivity index (χ2n) is 4.58. The topological polar surface area (TPSA) is 37.9 Å². The van der Waals surface area contributed by atoms with Crippen LogP contribution in [-0.4, -0.2) is 17.1 Å². The molecule has 0 saturated carbocycles. The first-order valence-corrected chi connectivity index (χ1v) is 6.01. The van der Waals surface area contributed by atoms with Gasteiger partial charge in [-0.1, -0.05) is 6.07 Å². The lowest BCUT2D eigenvalue weighted by Gasteiger charge is -2.10. The lowest BCUT2D eigenvalue weighted by atomic mass is 9.96. The van der Waals surface area contributed by atoms with E-state index in [1.165, 1.54) is 23.2 Å². The van der Waals surface area contributed by atoms with Gasteiger partial charge in [0.25, 0.3) is 0 Å². The molecule has 1 unspecified atom stereocenters. The number of nitrogens with one attached hydrogen (secondary N) is 1. The quantitative estimate of drug-likeness (QED) is 0.925. The molecule has 3 rings (SSSR count). The van der Waals surface area contributed by atoms with Crippen molar-refractivity contribution in [2.24, 2.45) is 0 Å². The van der Waals surface area contributed by atoms with Crippen LogP contribution < -0.4 is 4.74 Å². The number of imidazole rings is 1. The van der Waals surface area contributed by atoms with Gasteiger partial charge in [-0.2, -0.15) is 0 Å². The monoisotopic (exact) mass is 264 g/mol. The molecule has 0 aliphatic heterocycles. The third-order valence-electron chi connectivity index (χ3n) is 3.57. The Labute approximate surface area is 113 Å². The number of hydrogen-bond donors (Lipinski definition) is 1. The van der Waals surface area contributed by atoms with Gasteiger partial charge >= 0.3 is 0 Å². The molecule has 3 nitrogen and oxygen atoms in total. The van der Waals surface area contributed by atoms with Gasteiger partial charge in [0, 0.05) is 11.9 Å². The molecule has 1 aromatic heterocycles. The minimum Gasteiger partial charge on any atom is -0.497 e. The Morgan fingerprint density at radius 3 is 3.06 bits per heavy atom. The number of ether oxygens (including phenoxy) is 1. The lowest BCUT2D eigenvalue weighted by molar-refractivity contribution is 0.414. The summed E-state index contributed by atoms with van der Waals surface area (Å²) in [4.78, 5) is 7.25. The van der Waals surface area contributed by atoms with Crippen LogP contribution in [0.1, 0.15) is 29.2 Å². The maximum atomic E-state index is 5.26. The number of aromatic nitrogens is 2. The van der Waals surface area contributed by atoms with Gasteiger partial charge in [-0.05, 0) is 48.4 Å². The number of benzene rings is 1. The molecular weight excluding hydrogens is 248 g/mol. The van der Waals surface area contributed by atoms with E-state index in [0.717, 1.165) is 18.6 Å². The fraction of sp³-hybridized carbons (Fsp3) is 0.357. The normalized spacial score (nSPS) is 17.1. The van der Waals surface area contributed by atoms with Crippen molar-refractivity contribution in [3.8, 4) is 5.75 Å².